The lowest BCUT2D eigenvalue weighted by molar-refractivity contribution is -0.135. The number of piperazine rings is 1. The van der Waals surface area contributed by atoms with E-state index < -0.39 is 23.5 Å². The molecule has 6 aromatic rings. The summed E-state index contributed by atoms with van der Waals surface area (Å²) in [5, 5.41) is 6.19. The fraction of sp³-hybridized carbons (Fsp3) is 0.434. The minimum Gasteiger partial charge on any atom is -0.388 e. The predicted octanol–water partition coefficient (Wildman–Crippen LogP) is 5.50. The van der Waals surface area contributed by atoms with E-state index in [1.54, 1.807) is 43.2 Å². The van der Waals surface area contributed by atoms with Crippen molar-refractivity contribution in [1.29, 1.82) is 0 Å². The number of halogens is 2. The third kappa shape index (κ3) is 9.12. The Morgan fingerprint density at radius 3 is 2.31 bits per heavy atom. The number of nitrogens with one attached hydrogen (secondary N) is 2. The number of aromatic nitrogens is 5. The molecule has 3 amide bonds. The number of imidazole rings is 1. The summed E-state index contributed by atoms with van der Waals surface area (Å²) in [6, 6.07) is 12.8. The number of imide groups is 1. The molecule has 4 aliphatic rings. The maximum atomic E-state index is 16.1. The van der Waals surface area contributed by atoms with Crippen LogP contribution in [0.2, 0.25) is 0 Å². The highest BCUT2D eigenvalue weighted by Gasteiger charge is 2.33. The summed E-state index contributed by atoms with van der Waals surface area (Å²) >= 11 is 0. The Bertz CT molecular complexity index is 3220. The predicted molar refractivity (Wildman–Crippen MR) is 268 cm³/mol. The molecule has 4 aliphatic heterocycles. The average molecular weight is 970 g/mol. The van der Waals surface area contributed by atoms with E-state index in [1.807, 2.05) is 37.1 Å². The van der Waals surface area contributed by atoms with Crippen molar-refractivity contribution in [3.05, 3.63) is 127 Å². The molecular weight excluding hydrogens is 909 g/mol. The van der Waals surface area contributed by atoms with Crippen LogP contribution in [0, 0.1) is 24.5 Å². The summed E-state index contributed by atoms with van der Waals surface area (Å²) in [6.07, 6.45) is 8.27. The van der Waals surface area contributed by atoms with E-state index in [4.69, 9.17) is 0 Å². The Labute approximate surface area is 410 Å². The minimum absolute atomic E-state index is 0.0195. The van der Waals surface area contributed by atoms with Gasteiger partial charge in [0.15, 0.2) is 0 Å². The number of likely N-dealkylation sites (tertiary alicyclic amines) is 1. The second-order valence-electron chi connectivity index (χ2n) is 19.8. The second kappa shape index (κ2) is 19.4. The van der Waals surface area contributed by atoms with Gasteiger partial charge >= 0.3 is 5.69 Å². The second-order valence-corrected chi connectivity index (χ2v) is 19.8. The smallest absolute Gasteiger partial charge is 0.329 e. The molecule has 3 fully saturated rings. The summed E-state index contributed by atoms with van der Waals surface area (Å²) in [4.78, 5) is 77.9. The van der Waals surface area contributed by atoms with Crippen LogP contribution >= 0.6 is 0 Å². The molecule has 2 N–H and O–H groups in total. The van der Waals surface area contributed by atoms with Crippen molar-refractivity contribution in [2.24, 2.45) is 20.0 Å². The number of hydrogen-bond acceptors (Lipinski definition) is 10. The maximum Gasteiger partial charge on any atom is 0.329 e. The number of benzene rings is 2. The Morgan fingerprint density at radius 1 is 0.859 bits per heavy atom. The largest absolute Gasteiger partial charge is 0.388 e. The van der Waals surface area contributed by atoms with Gasteiger partial charge in [-0.3, -0.25) is 48.0 Å². The van der Waals surface area contributed by atoms with Gasteiger partial charge in [0.25, 0.3) is 11.5 Å². The van der Waals surface area contributed by atoms with Crippen LogP contribution in [0.3, 0.4) is 0 Å². The van der Waals surface area contributed by atoms with Gasteiger partial charge in [-0.1, -0.05) is 6.08 Å². The first kappa shape index (κ1) is 47.9. The van der Waals surface area contributed by atoms with Crippen molar-refractivity contribution in [3.63, 3.8) is 0 Å². The Morgan fingerprint density at radius 2 is 1.62 bits per heavy atom. The number of fused-ring (bicyclic) bond motifs is 2. The number of anilines is 1. The van der Waals surface area contributed by atoms with Gasteiger partial charge in [-0.2, -0.15) is 0 Å². The van der Waals surface area contributed by atoms with E-state index in [0.29, 0.717) is 66.2 Å². The van der Waals surface area contributed by atoms with Gasteiger partial charge in [0, 0.05) is 157 Å². The summed E-state index contributed by atoms with van der Waals surface area (Å²) in [6.45, 7) is 11.1. The van der Waals surface area contributed by atoms with Gasteiger partial charge in [0.1, 0.15) is 23.3 Å². The number of carbonyl (C=O) groups is 3. The van der Waals surface area contributed by atoms with E-state index in [-0.39, 0.29) is 42.1 Å². The highest BCUT2D eigenvalue weighted by molar-refractivity contribution is 6.00. The van der Waals surface area contributed by atoms with Crippen LogP contribution in [0.4, 0.5) is 14.5 Å². The lowest BCUT2D eigenvalue weighted by Gasteiger charge is -2.39. The summed E-state index contributed by atoms with van der Waals surface area (Å²) in [7, 11) is 5.39. The summed E-state index contributed by atoms with van der Waals surface area (Å²) in [5.41, 5.74) is 6.78. The van der Waals surface area contributed by atoms with E-state index in [1.165, 1.54) is 21.3 Å². The fourth-order valence-electron chi connectivity index (χ4n) is 11.4. The van der Waals surface area contributed by atoms with Gasteiger partial charge in [-0.15, -0.1) is 0 Å². The number of pyridine rings is 2. The first-order valence-electron chi connectivity index (χ1n) is 24.7. The van der Waals surface area contributed by atoms with Crippen LogP contribution in [0.25, 0.3) is 33.3 Å². The molecule has 0 saturated carbocycles. The number of hydrogen-bond donors (Lipinski definition) is 2. The van der Waals surface area contributed by atoms with Crippen molar-refractivity contribution in [2.75, 3.05) is 71.3 Å². The van der Waals surface area contributed by atoms with Crippen LogP contribution in [0.15, 0.2) is 76.6 Å². The monoisotopic (exact) mass is 969 g/mol. The molecule has 0 spiro atoms. The molecular formula is C53H61F2N11O5. The molecule has 16 nitrogen and oxygen atoms in total. The highest BCUT2D eigenvalue weighted by atomic mass is 19.1. The molecule has 4 aromatic heterocycles. The number of piperidine rings is 2. The molecule has 0 aliphatic carbocycles. The number of nitrogens with zero attached hydrogens (tertiary/aromatic N) is 9. The first-order valence-corrected chi connectivity index (χ1v) is 24.7. The molecule has 18 heteroatoms. The van der Waals surface area contributed by atoms with Gasteiger partial charge in [0.2, 0.25) is 11.8 Å². The molecule has 2 atom stereocenters. The Kier molecular flexibility index (Phi) is 13.1. The third-order valence-corrected chi connectivity index (χ3v) is 15.5. The van der Waals surface area contributed by atoms with Gasteiger partial charge < -0.3 is 19.7 Å². The van der Waals surface area contributed by atoms with Gasteiger partial charge in [0.05, 0.1) is 16.7 Å². The number of aryl methyl sites for hydroxylation is 3. The topological polar surface area (TPSA) is 155 Å². The highest BCUT2D eigenvalue weighted by Crippen LogP contribution is 2.35. The van der Waals surface area contributed by atoms with Crippen molar-refractivity contribution < 1.29 is 23.2 Å². The zero-order valence-electron chi connectivity index (χ0n) is 41.0. The number of carbonyl (C=O) groups excluding carboxylic acids is 3. The molecule has 2 aromatic carbocycles. The van der Waals surface area contributed by atoms with E-state index in [2.05, 4.69) is 54.0 Å². The molecule has 10 rings (SSSR count). The quantitative estimate of drug-likeness (QED) is 0.159. The van der Waals surface area contributed by atoms with E-state index >= 15 is 8.78 Å². The first-order chi connectivity index (χ1) is 34.2. The molecule has 0 radical (unpaired) electrons. The van der Waals surface area contributed by atoms with E-state index in [9.17, 15) is 24.0 Å². The normalized spacial score (nSPS) is 19.4. The minimum atomic E-state index is -0.875. The SMILES string of the molecule is CNc1ccn(-c2ccnc3c2cc([C@H](C)N2CC=C(c4c(C)cc(C(=O)N5CCC(CN6CCN(Cc7cc8c(cc7F)n([C@H]7CCC(=O)NC7=O)c(=O)n8C)CC6)CC5)cc4F)CC2)n3C)c(=O)c1. The van der Waals surface area contributed by atoms with E-state index in [0.717, 1.165) is 91.3 Å². The van der Waals surface area contributed by atoms with Gasteiger partial charge in [-0.05, 0) is 93.0 Å². The molecule has 71 heavy (non-hydrogen) atoms. The molecule has 0 unspecified atom stereocenters. The average Bonchev–Trinajstić information content (AvgIpc) is 3.82. The molecule has 3 saturated heterocycles. The van der Waals surface area contributed by atoms with Crippen molar-refractivity contribution >= 4 is 51.0 Å². The lowest BCUT2D eigenvalue weighted by Crippen LogP contribution is -2.48. The Hall–Kier alpha value is -6.76. The summed E-state index contributed by atoms with van der Waals surface area (Å²) < 4.78 is 38.2. The third-order valence-electron chi connectivity index (χ3n) is 15.5. The molecule has 0 bridgehead atoms. The zero-order valence-corrected chi connectivity index (χ0v) is 41.0. The van der Waals surface area contributed by atoms with Crippen LogP contribution in [-0.4, -0.2) is 127 Å². The van der Waals surface area contributed by atoms with Crippen molar-refractivity contribution in [1.82, 2.24) is 48.2 Å². The zero-order chi connectivity index (χ0) is 49.8. The van der Waals surface area contributed by atoms with Crippen LogP contribution in [0.5, 0.6) is 0 Å². The van der Waals surface area contributed by atoms with Crippen molar-refractivity contribution in [2.45, 2.75) is 64.6 Å². The number of rotatable bonds is 11. The van der Waals surface area contributed by atoms with Crippen LogP contribution in [0.1, 0.15) is 83.9 Å². The molecule has 8 heterocycles. The maximum absolute atomic E-state index is 16.1. The Balaban J connectivity index is 0.715. The van der Waals surface area contributed by atoms with Crippen LogP contribution in [-0.2, 0) is 30.2 Å². The lowest BCUT2D eigenvalue weighted by atomic mass is 9.92. The van der Waals surface area contributed by atoms with Gasteiger partial charge in [-0.25, -0.2) is 18.6 Å². The fourth-order valence-corrected chi connectivity index (χ4v) is 11.4. The summed E-state index contributed by atoms with van der Waals surface area (Å²) in [5.74, 6) is -1.48. The van der Waals surface area contributed by atoms with Crippen LogP contribution < -0.4 is 21.9 Å². The standard InChI is InChI=1S/C53H61F2N11O5/c1-32-24-36(25-41(55)49(32)35-11-17-63(18-12-35)33(2)44-28-39-42(8-14-57-50(39)59(44)4)65-19-13-38(56-3)27-48(65)68)52(70)64-15-9-34(10-16-64)30-61-20-22-62(23-21-61)31-37-26-45-46(29-40(37)54)66(53(71)60(45)5)43-6-7-47(67)58-51(43)69/h8,11,13-14,19,24-29,33-34,43,56H,6-7,9-10,12,15-18,20-23,30-31H2,1-5H3,(H,58,67,69)/t33-,43-/m0/s1. The molecule has 372 valence electrons. The number of amides is 3. The van der Waals surface area contributed by atoms with Crippen molar-refractivity contribution in [3.8, 4) is 5.69 Å².